The topological polar surface area (TPSA) is 83.7 Å². The highest BCUT2D eigenvalue weighted by atomic mass is 32.2. The van der Waals surface area contributed by atoms with E-state index in [1.807, 2.05) is 35.2 Å². The van der Waals surface area contributed by atoms with Crippen molar-refractivity contribution in [3.05, 3.63) is 47.3 Å². The second-order valence-corrected chi connectivity index (χ2v) is 9.81. The second kappa shape index (κ2) is 8.73. The van der Waals surface area contributed by atoms with Crippen molar-refractivity contribution in [3.8, 4) is 0 Å². The first kappa shape index (κ1) is 20.8. The first-order valence-electron chi connectivity index (χ1n) is 10.4. The van der Waals surface area contributed by atoms with Crippen molar-refractivity contribution in [1.82, 2.24) is 14.4 Å². The molecule has 3 heterocycles. The monoisotopic (exact) mass is 429 g/mol. The minimum Gasteiger partial charge on any atom is -0.355 e. The van der Waals surface area contributed by atoms with E-state index in [0.717, 1.165) is 37.9 Å². The number of carbonyl (C=O) groups excluding carboxylic acids is 1. The Morgan fingerprint density at radius 1 is 1.10 bits per heavy atom. The molecule has 4 rings (SSSR count). The fraction of sp³-hybridized carbons (Fsp3) is 0.455. The van der Waals surface area contributed by atoms with Gasteiger partial charge in [0.05, 0.1) is 5.92 Å². The van der Waals surface area contributed by atoms with E-state index in [1.54, 1.807) is 19.1 Å². The third-order valence-corrected chi connectivity index (χ3v) is 7.83. The van der Waals surface area contributed by atoms with Gasteiger partial charge < -0.3 is 9.42 Å². The smallest absolute Gasteiger partial charge is 0.248 e. The molecule has 160 valence electrons. The highest BCUT2D eigenvalue weighted by molar-refractivity contribution is 7.89. The van der Waals surface area contributed by atoms with Crippen LogP contribution in [0.4, 0.5) is 0 Å². The summed E-state index contributed by atoms with van der Waals surface area (Å²) in [5.74, 6) is 0.0121. The highest BCUT2D eigenvalue weighted by Crippen LogP contribution is 2.30. The minimum atomic E-state index is -3.82. The number of benzene rings is 1. The standard InChI is InChI=1S/C22H27N3O4S/c1-17-21(20(29-23-17)12-11-18-8-3-2-4-9-18)30(27,28)25-15-7-10-19(16-25)22(26)24-13-5-6-14-24/h2-4,8-9,11-12,19H,5-7,10,13-16H2,1H3. The number of aryl methyl sites for hydroxylation is 1. The van der Waals surface area contributed by atoms with Crippen LogP contribution in [0.15, 0.2) is 39.8 Å². The first-order valence-corrected chi connectivity index (χ1v) is 11.9. The van der Waals surface area contributed by atoms with Gasteiger partial charge in [0.2, 0.25) is 15.9 Å². The molecular formula is C22H27N3O4S. The zero-order valence-electron chi connectivity index (χ0n) is 17.2. The first-order chi connectivity index (χ1) is 14.5. The number of carbonyl (C=O) groups is 1. The molecule has 0 bridgehead atoms. The molecule has 8 heteroatoms. The molecule has 1 aromatic heterocycles. The van der Waals surface area contributed by atoms with Crippen molar-refractivity contribution in [3.63, 3.8) is 0 Å². The lowest BCUT2D eigenvalue weighted by atomic mass is 9.98. The predicted molar refractivity (Wildman–Crippen MR) is 114 cm³/mol. The number of hydrogen-bond acceptors (Lipinski definition) is 5. The Kier molecular flexibility index (Phi) is 6.06. The van der Waals surface area contributed by atoms with Crippen LogP contribution < -0.4 is 0 Å². The molecule has 0 N–H and O–H groups in total. The average molecular weight is 430 g/mol. The van der Waals surface area contributed by atoms with Crippen LogP contribution in [0.25, 0.3) is 12.2 Å². The van der Waals surface area contributed by atoms with E-state index in [9.17, 15) is 13.2 Å². The number of nitrogens with zero attached hydrogens (tertiary/aromatic N) is 3. The number of rotatable bonds is 5. The van der Waals surface area contributed by atoms with E-state index in [2.05, 4.69) is 5.16 Å². The number of amides is 1. The van der Waals surface area contributed by atoms with Gasteiger partial charge >= 0.3 is 0 Å². The summed E-state index contributed by atoms with van der Waals surface area (Å²) in [4.78, 5) is 14.8. The number of sulfonamides is 1. The maximum Gasteiger partial charge on any atom is 0.248 e. The number of piperidine rings is 1. The molecule has 30 heavy (non-hydrogen) atoms. The molecule has 7 nitrogen and oxygen atoms in total. The van der Waals surface area contributed by atoms with E-state index >= 15 is 0 Å². The van der Waals surface area contributed by atoms with Crippen LogP contribution in [0.5, 0.6) is 0 Å². The maximum atomic E-state index is 13.5. The van der Waals surface area contributed by atoms with Gasteiger partial charge in [-0.2, -0.15) is 4.31 Å². The van der Waals surface area contributed by atoms with Crippen molar-refractivity contribution in [1.29, 1.82) is 0 Å². The summed E-state index contributed by atoms with van der Waals surface area (Å²) in [7, 11) is -3.82. The van der Waals surface area contributed by atoms with E-state index < -0.39 is 10.0 Å². The summed E-state index contributed by atoms with van der Waals surface area (Å²) >= 11 is 0. The Hall–Kier alpha value is -2.45. The molecule has 2 saturated heterocycles. The van der Waals surface area contributed by atoms with Gasteiger partial charge in [0.1, 0.15) is 5.69 Å². The molecular weight excluding hydrogens is 402 g/mol. The van der Waals surface area contributed by atoms with Crippen LogP contribution in [0, 0.1) is 12.8 Å². The summed E-state index contributed by atoms with van der Waals surface area (Å²) in [5.41, 5.74) is 1.26. The molecule has 1 unspecified atom stereocenters. The fourth-order valence-electron chi connectivity index (χ4n) is 4.22. The van der Waals surface area contributed by atoms with Gasteiger partial charge in [-0.05, 0) is 44.2 Å². The van der Waals surface area contributed by atoms with E-state index in [4.69, 9.17) is 4.52 Å². The number of likely N-dealkylation sites (tertiary alicyclic amines) is 1. The van der Waals surface area contributed by atoms with Crippen LogP contribution in [-0.2, 0) is 14.8 Å². The van der Waals surface area contributed by atoms with Crippen molar-refractivity contribution >= 4 is 28.1 Å². The van der Waals surface area contributed by atoms with Crippen LogP contribution in [0.3, 0.4) is 0 Å². The molecule has 2 aliphatic rings. The summed E-state index contributed by atoms with van der Waals surface area (Å²) in [6, 6.07) is 9.59. The van der Waals surface area contributed by atoms with E-state index in [1.165, 1.54) is 4.31 Å². The zero-order valence-corrected chi connectivity index (χ0v) is 18.0. The molecule has 2 fully saturated rings. The van der Waals surface area contributed by atoms with E-state index in [-0.39, 0.29) is 29.0 Å². The summed E-state index contributed by atoms with van der Waals surface area (Å²) in [5, 5.41) is 3.90. The quantitative estimate of drug-likeness (QED) is 0.729. The number of aromatic nitrogens is 1. The average Bonchev–Trinajstić information content (AvgIpc) is 3.43. The Labute approximate surface area is 177 Å². The molecule has 2 aromatic rings. The Morgan fingerprint density at radius 2 is 1.83 bits per heavy atom. The Balaban J connectivity index is 1.56. The van der Waals surface area contributed by atoms with Crippen LogP contribution in [-0.4, -0.2) is 54.9 Å². The summed E-state index contributed by atoms with van der Waals surface area (Å²) in [6.07, 6.45) is 6.89. The Bertz CT molecular complexity index is 1020. The van der Waals surface area contributed by atoms with Gasteiger partial charge in [-0.3, -0.25) is 4.79 Å². The van der Waals surface area contributed by atoms with Crippen LogP contribution in [0.1, 0.15) is 42.7 Å². The van der Waals surface area contributed by atoms with Crippen molar-refractivity contribution in [2.75, 3.05) is 26.2 Å². The third kappa shape index (κ3) is 4.20. The molecule has 0 spiro atoms. The Morgan fingerprint density at radius 3 is 2.57 bits per heavy atom. The zero-order chi connectivity index (χ0) is 21.1. The lowest BCUT2D eigenvalue weighted by molar-refractivity contribution is -0.135. The molecule has 2 aliphatic heterocycles. The van der Waals surface area contributed by atoms with Gasteiger partial charge in [0.25, 0.3) is 0 Å². The second-order valence-electron chi connectivity index (χ2n) is 7.94. The molecule has 1 amide bonds. The van der Waals surface area contributed by atoms with Gasteiger partial charge in [0.15, 0.2) is 10.7 Å². The maximum absolute atomic E-state index is 13.5. The largest absolute Gasteiger partial charge is 0.355 e. The predicted octanol–water partition coefficient (Wildman–Crippen LogP) is 3.18. The SMILES string of the molecule is Cc1noc(C=Cc2ccccc2)c1S(=O)(=O)N1CCCC(C(=O)N2CCCC2)C1. The van der Waals surface area contributed by atoms with Gasteiger partial charge in [-0.25, -0.2) is 8.42 Å². The summed E-state index contributed by atoms with van der Waals surface area (Å²) in [6.45, 7) is 3.80. The molecule has 1 aromatic carbocycles. The van der Waals surface area contributed by atoms with Crippen LogP contribution in [0.2, 0.25) is 0 Å². The van der Waals surface area contributed by atoms with Crippen molar-refractivity contribution in [2.45, 2.75) is 37.5 Å². The van der Waals surface area contributed by atoms with Gasteiger partial charge in [0, 0.05) is 26.2 Å². The van der Waals surface area contributed by atoms with E-state index in [0.29, 0.717) is 18.7 Å². The van der Waals surface area contributed by atoms with Crippen molar-refractivity contribution in [2.24, 2.45) is 5.92 Å². The lowest BCUT2D eigenvalue weighted by Crippen LogP contribution is -2.46. The molecule has 1 atom stereocenters. The highest BCUT2D eigenvalue weighted by Gasteiger charge is 2.38. The fourth-order valence-corrected chi connectivity index (χ4v) is 6.00. The third-order valence-electron chi connectivity index (χ3n) is 5.81. The van der Waals surface area contributed by atoms with Gasteiger partial charge in [-0.1, -0.05) is 41.6 Å². The lowest BCUT2D eigenvalue weighted by Gasteiger charge is -2.33. The summed E-state index contributed by atoms with van der Waals surface area (Å²) < 4.78 is 33.7. The molecule has 0 aliphatic carbocycles. The molecule has 0 saturated carbocycles. The van der Waals surface area contributed by atoms with Gasteiger partial charge in [-0.15, -0.1) is 0 Å². The molecule has 0 radical (unpaired) electrons. The normalized spacial score (nSPS) is 20.8. The minimum absolute atomic E-state index is 0.0821. The van der Waals surface area contributed by atoms with Crippen LogP contribution >= 0.6 is 0 Å². The van der Waals surface area contributed by atoms with Crippen molar-refractivity contribution < 1.29 is 17.7 Å². The number of hydrogen-bond donors (Lipinski definition) is 0.